The number of imide groups is 1. The van der Waals surface area contributed by atoms with Crippen LogP contribution in [0.1, 0.15) is 47.5 Å². The van der Waals surface area contributed by atoms with E-state index in [0.29, 0.717) is 5.06 Å². The summed E-state index contributed by atoms with van der Waals surface area (Å²) < 4.78 is 5.06. The van der Waals surface area contributed by atoms with Gasteiger partial charge in [-0.05, 0) is 46.5 Å². The van der Waals surface area contributed by atoms with Crippen molar-refractivity contribution in [1.29, 1.82) is 0 Å². The molecule has 120 valence electrons. The van der Waals surface area contributed by atoms with E-state index in [4.69, 9.17) is 15.3 Å². The summed E-state index contributed by atoms with van der Waals surface area (Å²) in [7, 11) is 0. The highest BCUT2D eigenvalue weighted by molar-refractivity contribution is 5.94. The average Bonchev–Trinajstić information content (AvgIpc) is 3.15. The number of carbonyl (C=O) groups is 3. The molecule has 1 rings (SSSR count). The molecule has 0 radical (unpaired) electrons. The molecule has 7 nitrogen and oxygen atoms in total. The van der Waals surface area contributed by atoms with E-state index in [2.05, 4.69) is 0 Å². The van der Waals surface area contributed by atoms with Crippen LogP contribution in [-0.2, 0) is 19.2 Å². The first kappa shape index (κ1) is 17.4. The van der Waals surface area contributed by atoms with E-state index in [1.54, 1.807) is 27.7 Å². The summed E-state index contributed by atoms with van der Waals surface area (Å²) in [6.45, 7) is 8.05. The van der Waals surface area contributed by atoms with Gasteiger partial charge in [-0.15, -0.1) is 0 Å². The minimum atomic E-state index is -1.04. The fourth-order valence-electron chi connectivity index (χ4n) is 1.62. The number of amides is 2. The summed E-state index contributed by atoms with van der Waals surface area (Å²) in [6.07, 6.45) is 0.856. The highest BCUT2D eigenvalue weighted by Gasteiger charge is 2.38. The maximum Gasteiger partial charge on any atom is 0.451 e. The van der Waals surface area contributed by atoms with Crippen LogP contribution in [0.3, 0.4) is 0 Å². The molecule has 0 aromatic carbocycles. The van der Waals surface area contributed by atoms with Gasteiger partial charge in [0, 0.05) is 0 Å². The first-order chi connectivity index (χ1) is 9.53. The molecule has 1 unspecified atom stereocenters. The molecule has 0 saturated heterocycles. The third-order valence-corrected chi connectivity index (χ3v) is 3.03. The van der Waals surface area contributed by atoms with Crippen molar-refractivity contribution in [2.24, 2.45) is 17.6 Å². The second-order valence-corrected chi connectivity index (χ2v) is 6.44. The van der Waals surface area contributed by atoms with E-state index in [0.717, 1.165) is 12.8 Å². The number of rotatable bonds is 3. The molecule has 1 fully saturated rings. The Kier molecular flexibility index (Phi) is 5.33. The van der Waals surface area contributed by atoms with Crippen LogP contribution in [0.25, 0.3) is 0 Å². The van der Waals surface area contributed by atoms with Gasteiger partial charge < -0.3 is 15.3 Å². The van der Waals surface area contributed by atoms with E-state index in [9.17, 15) is 14.4 Å². The Balaban J connectivity index is 2.79. The fourth-order valence-corrected chi connectivity index (χ4v) is 1.62. The lowest BCUT2D eigenvalue weighted by Crippen LogP contribution is -2.48. The van der Waals surface area contributed by atoms with Crippen molar-refractivity contribution in [3.8, 4) is 0 Å². The number of hydrogen-bond donors (Lipinski definition) is 1. The van der Waals surface area contributed by atoms with E-state index in [1.165, 1.54) is 6.92 Å². The minimum Gasteiger partial charge on any atom is -0.441 e. The second-order valence-electron chi connectivity index (χ2n) is 6.44. The monoisotopic (exact) mass is 300 g/mol. The van der Waals surface area contributed by atoms with Crippen molar-refractivity contribution in [1.82, 2.24) is 5.06 Å². The summed E-state index contributed by atoms with van der Waals surface area (Å²) in [4.78, 5) is 40.8. The summed E-state index contributed by atoms with van der Waals surface area (Å²) in [5.74, 6) is -1.56. The van der Waals surface area contributed by atoms with Gasteiger partial charge in [0.2, 0.25) is 0 Å². The quantitative estimate of drug-likeness (QED) is 0.795. The number of carbonyl (C=O) groups excluding carboxylic acids is 3. The van der Waals surface area contributed by atoms with Crippen LogP contribution in [-0.4, -0.2) is 34.7 Å². The van der Waals surface area contributed by atoms with Crippen LogP contribution in [0.4, 0.5) is 4.79 Å². The molecule has 0 aromatic rings. The van der Waals surface area contributed by atoms with Crippen molar-refractivity contribution in [3.05, 3.63) is 0 Å². The molecular formula is C14H24N2O5. The van der Waals surface area contributed by atoms with E-state index >= 15 is 0 Å². The summed E-state index contributed by atoms with van der Waals surface area (Å²) in [6, 6.07) is -0.985. The molecule has 0 aliphatic heterocycles. The Morgan fingerprint density at radius 2 is 1.71 bits per heavy atom. The van der Waals surface area contributed by atoms with Crippen molar-refractivity contribution >= 4 is 18.0 Å². The molecule has 0 heterocycles. The van der Waals surface area contributed by atoms with Crippen molar-refractivity contribution in [3.63, 3.8) is 0 Å². The molecule has 1 aliphatic rings. The Morgan fingerprint density at radius 3 is 2.10 bits per heavy atom. The van der Waals surface area contributed by atoms with Gasteiger partial charge >= 0.3 is 12.1 Å². The Labute approximate surface area is 124 Å². The Bertz CT molecular complexity index is 424. The van der Waals surface area contributed by atoms with Gasteiger partial charge in [-0.25, -0.2) is 9.59 Å². The topological polar surface area (TPSA) is 98.9 Å². The molecule has 0 spiro atoms. The number of hydroxylamine groups is 2. The predicted molar refractivity (Wildman–Crippen MR) is 74.7 cm³/mol. The van der Waals surface area contributed by atoms with Gasteiger partial charge in [-0.3, -0.25) is 4.79 Å². The Hall–Kier alpha value is -1.63. The highest BCUT2D eigenvalue weighted by Crippen LogP contribution is 2.37. The molecule has 1 aliphatic carbocycles. The maximum absolute atomic E-state index is 12.0. The molecule has 0 aromatic heterocycles. The molecular weight excluding hydrogens is 276 g/mol. The van der Waals surface area contributed by atoms with E-state index in [-0.39, 0.29) is 11.8 Å². The zero-order chi connectivity index (χ0) is 16.4. The molecule has 2 amide bonds. The van der Waals surface area contributed by atoms with Crippen LogP contribution in [0, 0.1) is 11.8 Å². The smallest absolute Gasteiger partial charge is 0.441 e. The van der Waals surface area contributed by atoms with Crippen LogP contribution < -0.4 is 5.73 Å². The van der Waals surface area contributed by atoms with E-state index < -0.39 is 29.6 Å². The molecule has 21 heavy (non-hydrogen) atoms. The number of ether oxygens (including phenoxy) is 1. The summed E-state index contributed by atoms with van der Waals surface area (Å²) >= 11 is 0. The first-order valence-electron chi connectivity index (χ1n) is 7.07. The molecule has 2 atom stereocenters. The van der Waals surface area contributed by atoms with Crippen LogP contribution in [0.5, 0.6) is 0 Å². The average molecular weight is 300 g/mol. The minimum absolute atomic E-state index is 0.253. The molecule has 0 bridgehead atoms. The lowest BCUT2D eigenvalue weighted by Gasteiger charge is -2.26. The predicted octanol–water partition coefficient (Wildman–Crippen LogP) is 1.60. The zero-order valence-corrected chi connectivity index (χ0v) is 13.2. The van der Waals surface area contributed by atoms with Gasteiger partial charge in [0.25, 0.3) is 5.91 Å². The van der Waals surface area contributed by atoms with E-state index in [1.807, 2.05) is 0 Å². The SMILES string of the molecule is CC(C(=O)ON(C(=O)OC(C)(C)C)C(=O)[C@H](C)N)C1CC1. The maximum atomic E-state index is 12.0. The number of nitrogens with two attached hydrogens (primary N) is 1. The van der Waals surface area contributed by atoms with Crippen LogP contribution in [0.2, 0.25) is 0 Å². The zero-order valence-electron chi connectivity index (χ0n) is 13.2. The fraction of sp³-hybridized carbons (Fsp3) is 0.786. The van der Waals surface area contributed by atoms with Gasteiger partial charge in [0.15, 0.2) is 0 Å². The molecule has 7 heteroatoms. The summed E-state index contributed by atoms with van der Waals surface area (Å²) in [5, 5.41) is 0.330. The van der Waals surface area contributed by atoms with Gasteiger partial charge in [-0.1, -0.05) is 12.0 Å². The van der Waals surface area contributed by atoms with Crippen LogP contribution >= 0.6 is 0 Å². The first-order valence-corrected chi connectivity index (χ1v) is 7.07. The van der Waals surface area contributed by atoms with Crippen molar-refractivity contribution in [2.45, 2.75) is 59.1 Å². The highest BCUT2D eigenvalue weighted by atomic mass is 16.8. The lowest BCUT2D eigenvalue weighted by molar-refractivity contribution is -0.196. The molecule has 1 saturated carbocycles. The van der Waals surface area contributed by atoms with Crippen LogP contribution in [0.15, 0.2) is 0 Å². The number of hydrogen-bond acceptors (Lipinski definition) is 6. The molecule has 2 N–H and O–H groups in total. The lowest BCUT2D eigenvalue weighted by atomic mass is 10.1. The summed E-state index contributed by atoms with van der Waals surface area (Å²) in [5.41, 5.74) is 4.65. The third-order valence-electron chi connectivity index (χ3n) is 3.03. The largest absolute Gasteiger partial charge is 0.451 e. The standard InChI is InChI=1S/C14H24N2O5/c1-8(10-6-7-10)12(18)21-16(11(17)9(2)15)13(19)20-14(3,4)5/h8-10H,6-7,15H2,1-5H3/t8?,9-/m0/s1. The van der Waals surface area contributed by atoms with Crippen molar-refractivity contribution in [2.75, 3.05) is 0 Å². The van der Waals surface area contributed by atoms with Gasteiger partial charge in [0.05, 0.1) is 12.0 Å². The van der Waals surface area contributed by atoms with Crippen molar-refractivity contribution < 1.29 is 24.0 Å². The second kappa shape index (κ2) is 6.43. The third kappa shape index (κ3) is 5.34. The number of nitrogens with zero attached hydrogens (tertiary/aromatic N) is 1. The Morgan fingerprint density at radius 1 is 1.19 bits per heavy atom. The normalized spacial score (nSPS) is 17.6. The van der Waals surface area contributed by atoms with Gasteiger partial charge in [-0.2, -0.15) is 0 Å². The van der Waals surface area contributed by atoms with Gasteiger partial charge in [0.1, 0.15) is 5.60 Å².